The molecule has 0 aliphatic carbocycles. The second-order valence-corrected chi connectivity index (χ2v) is 6.67. The predicted octanol–water partition coefficient (Wildman–Crippen LogP) is 2.71. The van der Waals surface area contributed by atoms with Crippen LogP contribution in [0.4, 0.5) is 0 Å². The summed E-state index contributed by atoms with van der Waals surface area (Å²) in [5.41, 5.74) is 0. The smallest absolute Gasteiger partial charge is 0.221 e. The molecule has 0 aliphatic heterocycles. The van der Waals surface area contributed by atoms with Crippen molar-refractivity contribution in [3.63, 3.8) is 0 Å². The molecule has 1 aromatic heterocycles. The van der Waals surface area contributed by atoms with E-state index in [1.807, 2.05) is 13.8 Å². The Morgan fingerprint density at radius 1 is 1.30 bits per heavy atom. The van der Waals surface area contributed by atoms with Gasteiger partial charge in [0.2, 0.25) is 5.91 Å². The first-order valence-electron chi connectivity index (χ1n) is 8.41. The monoisotopic (exact) mass is 338 g/mol. The standard InChI is InChI=1S/C17H30N4OS/c1-5-14(4)21-16(22)9-10-19-17(18-6-2)20-12-13(3)15-8-7-11-23-15/h7-8,11,13-14H,5-6,9-10,12H2,1-4H3,(H,21,22)(H2,18,19,20). The lowest BCUT2D eigenvalue weighted by atomic mass is 10.1. The fraction of sp³-hybridized carbons (Fsp3) is 0.647. The van der Waals surface area contributed by atoms with E-state index < -0.39 is 0 Å². The van der Waals surface area contributed by atoms with Gasteiger partial charge in [-0.05, 0) is 31.7 Å². The van der Waals surface area contributed by atoms with Gasteiger partial charge in [0, 0.05) is 36.3 Å². The van der Waals surface area contributed by atoms with Crippen LogP contribution in [-0.2, 0) is 4.79 Å². The Morgan fingerprint density at radius 2 is 2.09 bits per heavy atom. The molecule has 0 radical (unpaired) electrons. The van der Waals surface area contributed by atoms with E-state index in [2.05, 4.69) is 52.3 Å². The molecule has 1 heterocycles. The van der Waals surface area contributed by atoms with Crippen LogP contribution in [0.1, 0.15) is 51.3 Å². The molecule has 2 atom stereocenters. The Bertz CT molecular complexity index is 473. The van der Waals surface area contributed by atoms with Gasteiger partial charge in [0.05, 0.1) is 6.54 Å². The fourth-order valence-corrected chi connectivity index (χ4v) is 2.75. The number of thiophene rings is 1. The summed E-state index contributed by atoms with van der Waals surface area (Å²) in [5, 5.41) is 11.5. The van der Waals surface area contributed by atoms with Crippen LogP contribution < -0.4 is 16.0 Å². The van der Waals surface area contributed by atoms with Gasteiger partial charge in [-0.1, -0.05) is 19.9 Å². The molecule has 23 heavy (non-hydrogen) atoms. The topological polar surface area (TPSA) is 65.5 Å². The third-order valence-electron chi connectivity index (χ3n) is 3.56. The van der Waals surface area contributed by atoms with Crippen molar-refractivity contribution >= 4 is 23.2 Å². The van der Waals surface area contributed by atoms with Gasteiger partial charge in [-0.15, -0.1) is 11.3 Å². The number of aliphatic imine (C=N–C) groups is 1. The summed E-state index contributed by atoms with van der Waals surface area (Å²) in [6.07, 6.45) is 1.40. The highest BCUT2D eigenvalue weighted by atomic mass is 32.1. The zero-order chi connectivity index (χ0) is 17.1. The van der Waals surface area contributed by atoms with Crippen molar-refractivity contribution in [2.75, 3.05) is 19.6 Å². The first-order valence-corrected chi connectivity index (χ1v) is 9.29. The molecule has 0 fully saturated rings. The van der Waals surface area contributed by atoms with E-state index in [-0.39, 0.29) is 11.9 Å². The van der Waals surface area contributed by atoms with Gasteiger partial charge in [0.15, 0.2) is 5.96 Å². The molecular formula is C17H30N4OS. The Balaban J connectivity index is 2.39. The highest BCUT2D eigenvalue weighted by Gasteiger charge is 2.08. The first kappa shape index (κ1) is 19.5. The Labute approximate surface area is 144 Å². The van der Waals surface area contributed by atoms with Crippen LogP contribution in [-0.4, -0.2) is 37.5 Å². The van der Waals surface area contributed by atoms with Crippen LogP contribution >= 0.6 is 11.3 Å². The van der Waals surface area contributed by atoms with Crippen LogP contribution in [0.5, 0.6) is 0 Å². The van der Waals surface area contributed by atoms with Crippen molar-refractivity contribution in [1.82, 2.24) is 16.0 Å². The van der Waals surface area contributed by atoms with Crippen molar-refractivity contribution in [3.8, 4) is 0 Å². The van der Waals surface area contributed by atoms with Crippen LogP contribution in [0.25, 0.3) is 0 Å². The maximum absolute atomic E-state index is 11.8. The summed E-state index contributed by atoms with van der Waals surface area (Å²) < 4.78 is 0. The molecule has 5 nitrogen and oxygen atoms in total. The lowest BCUT2D eigenvalue weighted by Crippen LogP contribution is -2.40. The number of hydrogen-bond donors (Lipinski definition) is 3. The summed E-state index contributed by atoms with van der Waals surface area (Å²) >= 11 is 1.76. The number of amides is 1. The molecule has 1 aromatic rings. The number of nitrogens with zero attached hydrogens (tertiary/aromatic N) is 1. The quantitative estimate of drug-likeness (QED) is 0.479. The van der Waals surface area contributed by atoms with Crippen molar-refractivity contribution in [2.24, 2.45) is 4.99 Å². The number of nitrogens with one attached hydrogen (secondary N) is 3. The number of carbonyl (C=O) groups excluding carboxylic acids is 1. The lowest BCUT2D eigenvalue weighted by Gasteiger charge is -2.14. The number of hydrogen-bond acceptors (Lipinski definition) is 3. The second-order valence-electron chi connectivity index (χ2n) is 5.69. The predicted molar refractivity (Wildman–Crippen MR) is 99.2 cm³/mol. The molecule has 3 N–H and O–H groups in total. The minimum Gasteiger partial charge on any atom is -0.357 e. The third kappa shape index (κ3) is 8.02. The Morgan fingerprint density at radius 3 is 2.70 bits per heavy atom. The van der Waals surface area contributed by atoms with Crippen LogP contribution in [0.15, 0.2) is 22.5 Å². The summed E-state index contributed by atoms with van der Waals surface area (Å²) in [7, 11) is 0. The van der Waals surface area contributed by atoms with Gasteiger partial charge in [0.1, 0.15) is 0 Å². The maximum atomic E-state index is 11.8. The Kier molecular flexibility index (Phi) is 9.36. The fourth-order valence-electron chi connectivity index (χ4n) is 1.98. The van der Waals surface area contributed by atoms with Crippen molar-refractivity contribution in [3.05, 3.63) is 22.4 Å². The largest absolute Gasteiger partial charge is 0.357 e. The number of carbonyl (C=O) groups is 1. The molecule has 0 bridgehead atoms. The summed E-state index contributed by atoms with van der Waals surface area (Å²) in [6.45, 7) is 10.4. The van der Waals surface area contributed by atoms with Crippen LogP contribution in [0.3, 0.4) is 0 Å². The highest BCUT2D eigenvalue weighted by molar-refractivity contribution is 7.10. The van der Waals surface area contributed by atoms with E-state index in [0.717, 1.165) is 25.5 Å². The molecule has 2 unspecified atom stereocenters. The van der Waals surface area contributed by atoms with E-state index in [1.54, 1.807) is 11.3 Å². The summed E-state index contributed by atoms with van der Waals surface area (Å²) in [6, 6.07) is 4.44. The Hall–Kier alpha value is -1.56. The summed E-state index contributed by atoms with van der Waals surface area (Å²) in [5.74, 6) is 1.25. The van der Waals surface area contributed by atoms with Gasteiger partial charge < -0.3 is 16.0 Å². The molecule has 6 heteroatoms. The van der Waals surface area contributed by atoms with Gasteiger partial charge >= 0.3 is 0 Å². The van der Waals surface area contributed by atoms with E-state index in [0.29, 0.717) is 18.9 Å². The van der Waals surface area contributed by atoms with Crippen molar-refractivity contribution < 1.29 is 4.79 Å². The molecule has 0 saturated heterocycles. The minimum atomic E-state index is 0.0784. The van der Waals surface area contributed by atoms with E-state index in [4.69, 9.17) is 0 Å². The minimum absolute atomic E-state index is 0.0784. The molecule has 1 rings (SSSR count). The maximum Gasteiger partial charge on any atom is 0.221 e. The lowest BCUT2D eigenvalue weighted by molar-refractivity contribution is -0.121. The van der Waals surface area contributed by atoms with Gasteiger partial charge in [-0.25, -0.2) is 0 Å². The average molecular weight is 339 g/mol. The number of guanidine groups is 1. The van der Waals surface area contributed by atoms with Gasteiger partial charge in [0.25, 0.3) is 0 Å². The highest BCUT2D eigenvalue weighted by Crippen LogP contribution is 2.20. The normalized spacial score (nSPS) is 14.2. The van der Waals surface area contributed by atoms with Crippen LogP contribution in [0, 0.1) is 0 Å². The van der Waals surface area contributed by atoms with E-state index >= 15 is 0 Å². The average Bonchev–Trinajstić information content (AvgIpc) is 3.06. The SMILES string of the molecule is CCNC(=NCC(C)c1cccs1)NCCC(=O)NC(C)CC. The third-order valence-corrected chi connectivity index (χ3v) is 4.66. The zero-order valence-corrected chi connectivity index (χ0v) is 15.5. The molecule has 130 valence electrons. The van der Waals surface area contributed by atoms with E-state index in [9.17, 15) is 4.79 Å². The second kappa shape index (κ2) is 11.0. The molecular weight excluding hydrogens is 308 g/mol. The molecule has 0 aliphatic rings. The molecule has 0 aromatic carbocycles. The molecule has 0 spiro atoms. The molecule has 0 saturated carbocycles. The first-order chi connectivity index (χ1) is 11.1. The van der Waals surface area contributed by atoms with Crippen LogP contribution in [0.2, 0.25) is 0 Å². The zero-order valence-electron chi connectivity index (χ0n) is 14.7. The summed E-state index contributed by atoms with van der Waals surface area (Å²) in [4.78, 5) is 17.7. The van der Waals surface area contributed by atoms with Gasteiger partial charge in [-0.3, -0.25) is 9.79 Å². The molecule has 1 amide bonds. The van der Waals surface area contributed by atoms with Crippen molar-refractivity contribution in [2.45, 2.75) is 52.5 Å². The van der Waals surface area contributed by atoms with Gasteiger partial charge in [-0.2, -0.15) is 0 Å². The van der Waals surface area contributed by atoms with Crippen molar-refractivity contribution in [1.29, 1.82) is 0 Å². The van der Waals surface area contributed by atoms with E-state index in [1.165, 1.54) is 4.88 Å². The number of rotatable bonds is 9.